The fraction of sp³-hybridized carbons (Fsp3) is 0.574. The molecule has 30 heteroatoms. The van der Waals surface area contributed by atoms with Gasteiger partial charge in [0, 0.05) is 20.9 Å². The van der Waals surface area contributed by atoms with E-state index in [4.69, 9.17) is 73.3 Å². The van der Waals surface area contributed by atoms with Crippen LogP contribution < -0.4 is 10.1 Å². The van der Waals surface area contributed by atoms with Crippen molar-refractivity contribution in [3.05, 3.63) is 88.9 Å². The molecule has 77 heavy (non-hydrogen) atoms. The average molecular weight is 1150 g/mol. The van der Waals surface area contributed by atoms with Gasteiger partial charge in [0.15, 0.2) is 23.5 Å². The Labute approximate surface area is 448 Å². The van der Waals surface area contributed by atoms with E-state index in [1.807, 2.05) is 30.3 Å². The molecule has 1 fully saturated rings. The molecule has 0 amide bonds. The minimum absolute atomic E-state index is 0.0267. The number of carbonyl (C=O) groups is 1. The third kappa shape index (κ3) is 23.5. The monoisotopic (exact) mass is 1150 g/mol. The molecule has 6 rings (SSSR count). The fourth-order valence-corrected chi connectivity index (χ4v) is 8.60. The standard InChI is InChI=1S/C47H64ClF3N8O16P2/c48-47-54-45(38-28-52-59(46(38)55-47)42-7-6-37(74-42)31-73-76-33-77(61,62)63)53-41(34-4-2-1-3-5-34)32-72-25-23-70-21-19-68-18-20-69-22-24-71-30-36-29-58(57-56-36)9-11-65-13-15-67-17-16-66-14-12-64-10-8-43(60)75-44-39(50)26-35(49)27-40(44)51/h1-5,26-29,37,41-42,76H,6-25,30-33H2,(H,53,54,55)(H2,61,62,63). The Morgan fingerprint density at radius 1 is 0.805 bits per heavy atom. The van der Waals surface area contributed by atoms with Gasteiger partial charge in [-0.15, -0.1) is 5.10 Å². The summed E-state index contributed by atoms with van der Waals surface area (Å²) < 4.78 is 121. The predicted octanol–water partition coefficient (Wildman–Crippen LogP) is 5.41. The predicted molar refractivity (Wildman–Crippen MR) is 270 cm³/mol. The van der Waals surface area contributed by atoms with Crippen molar-refractivity contribution in [1.29, 1.82) is 0 Å². The van der Waals surface area contributed by atoms with Crippen molar-refractivity contribution in [2.24, 2.45) is 0 Å². The number of rotatable bonds is 41. The van der Waals surface area contributed by atoms with Crippen molar-refractivity contribution in [2.45, 2.75) is 50.8 Å². The number of halogens is 4. The molecule has 426 valence electrons. The highest BCUT2D eigenvalue weighted by molar-refractivity contribution is 7.62. The molecule has 0 saturated carbocycles. The maximum Gasteiger partial charge on any atom is 0.331 e. The second-order valence-corrected chi connectivity index (χ2v) is 20.2. The number of benzene rings is 2. The van der Waals surface area contributed by atoms with Crippen molar-refractivity contribution >= 4 is 50.8 Å². The molecular weight excluding hydrogens is 1090 g/mol. The van der Waals surface area contributed by atoms with E-state index in [-0.39, 0.29) is 71.6 Å². The number of aromatic nitrogens is 7. The lowest BCUT2D eigenvalue weighted by Crippen LogP contribution is -2.20. The van der Waals surface area contributed by atoms with Crippen molar-refractivity contribution in [2.75, 3.05) is 130 Å². The summed E-state index contributed by atoms with van der Waals surface area (Å²) in [5.74, 6) is -5.47. The quantitative estimate of drug-likeness (QED) is 0.0145. The Morgan fingerprint density at radius 3 is 2.04 bits per heavy atom. The summed E-state index contributed by atoms with van der Waals surface area (Å²) in [7, 11) is -4.45. The first-order chi connectivity index (χ1) is 37.4. The van der Waals surface area contributed by atoms with Crippen LogP contribution in [0.15, 0.2) is 54.9 Å². The first-order valence-electron chi connectivity index (χ1n) is 24.6. The maximum atomic E-state index is 13.6. The van der Waals surface area contributed by atoms with Crippen molar-refractivity contribution in [3.8, 4) is 5.75 Å². The van der Waals surface area contributed by atoms with Gasteiger partial charge in [0.25, 0.3) is 0 Å². The third-order valence-corrected chi connectivity index (χ3v) is 13.5. The van der Waals surface area contributed by atoms with Crippen LogP contribution in [-0.2, 0) is 74.4 Å². The van der Waals surface area contributed by atoms with E-state index in [2.05, 4.69) is 35.4 Å². The molecule has 0 spiro atoms. The molecule has 2 aromatic carbocycles. The lowest BCUT2D eigenvalue weighted by Gasteiger charge is -2.21. The molecule has 1 aliphatic rings. The van der Waals surface area contributed by atoms with Gasteiger partial charge < -0.3 is 71.7 Å². The van der Waals surface area contributed by atoms with Crippen LogP contribution in [0.3, 0.4) is 0 Å². The summed E-state index contributed by atoms with van der Waals surface area (Å²) in [4.78, 5) is 38.9. The highest BCUT2D eigenvalue weighted by Gasteiger charge is 2.30. The molecule has 1 saturated heterocycles. The van der Waals surface area contributed by atoms with E-state index in [1.165, 1.54) is 0 Å². The first kappa shape index (κ1) is 61.8. The molecule has 0 bridgehead atoms. The number of anilines is 1. The number of nitrogens with zero attached hydrogens (tertiary/aromatic N) is 7. The number of hydrogen-bond acceptors (Lipinski definition) is 20. The summed E-state index contributed by atoms with van der Waals surface area (Å²) in [6, 6.07) is 10.3. The molecule has 4 unspecified atom stereocenters. The third-order valence-electron chi connectivity index (χ3n) is 10.8. The number of carbonyl (C=O) groups excluding carboxylic acids is 1. The number of ether oxygens (including phenoxy) is 11. The van der Waals surface area contributed by atoms with Crippen molar-refractivity contribution < 1.29 is 88.9 Å². The Kier molecular flexibility index (Phi) is 27.8. The highest BCUT2D eigenvalue weighted by Crippen LogP contribution is 2.42. The lowest BCUT2D eigenvalue weighted by atomic mass is 10.1. The number of hydrogen-bond donors (Lipinski definition) is 3. The molecule has 4 heterocycles. The summed E-state index contributed by atoms with van der Waals surface area (Å²) in [6.45, 7) is 6.49. The number of esters is 1. The molecular formula is C47H64ClF3N8O16P2. The average Bonchev–Trinajstić information content (AvgIpc) is 4.20. The van der Waals surface area contributed by atoms with Crippen LogP contribution in [0.25, 0.3) is 11.0 Å². The van der Waals surface area contributed by atoms with Gasteiger partial charge in [0.05, 0.1) is 174 Å². The fourth-order valence-electron chi connectivity index (χ4n) is 7.10. The first-order valence-corrected chi connectivity index (χ1v) is 27.9. The molecule has 0 radical (unpaired) electrons. The van der Waals surface area contributed by atoms with Crippen LogP contribution in [0.5, 0.6) is 5.75 Å². The normalized spacial score (nSPS) is 15.4. The molecule has 5 aromatic rings. The zero-order valence-electron chi connectivity index (χ0n) is 42.1. The van der Waals surface area contributed by atoms with Crippen LogP contribution in [0.1, 0.15) is 42.8 Å². The Morgan fingerprint density at radius 2 is 1.40 bits per heavy atom. The van der Waals surface area contributed by atoms with Crippen LogP contribution >= 0.6 is 28.0 Å². The molecule has 3 aromatic heterocycles. The minimum Gasteiger partial charge on any atom is -0.420 e. The zero-order chi connectivity index (χ0) is 54.5. The topological polar surface area (TPSA) is 272 Å². The van der Waals surface area contributed by atoms with Gasteiger partial charge in [-0.05, 0) is 30.0 Å². The van der Waals surface area contributed by atoms with Gasteiger partial charge in [0.1, 0.15) is 17.3 Å². The summed E-state index contributed by atoms with van der Waals surface area (Å²) in [5.41, 5.74) is 2.13. The minimum atomic E-state index is -4.12. The molecule has 4 atom stereocenters. The van der Waals surface area contributed by atoms with E-state index < -0.39 is 43.0 Å². The van der Waals surface area contributed by atoms with Crippen molar-refractivity contribution in [3.63, 3.8) is 0 Å². The Hall–Kier alpha value is -4.38. The van der Waals surface area contributed by atoms with Crippen LogP contribution in [0.4, 0.5) is 19.0 Å². The van der Waals surface area contributed by atoms with Gasteiger partial charge in [-0.2, -0.15) is 15.1 Å². The molecule has 0 aliphatic carbocycles. The smallest absolute Gasteiger partial charge is 0.331 e. The molecule has 3 N–H and O–H groups in total. The van der Waals surface area contributed by atoms with Gasteiger partial charge in [-0.1, -0.05) is 35.5 Å². The van der Waals surface area contributed by atoms with E-state index in [1.54, 1.807) is 21.8 Å². The van der Waals surface area contributed by atoms with Crippen molar-refractivity contribution in [1.82, 2.24) is 34.7 Å². The summed E-state index contributed by atoms with van der Waals surface area (Å²) >= 11 is 6.43. The Balaban J connectivity index is 0.716. The lowest BCUT2D eigenvalue weighted by molar-refractivity contribution is -0.136. The van der Waals surface area contributed by atoms with E-state index in [0.717, 1.165) is 5.56 Å². The van der Waals surface area contributed by atoms with Gasteiger partial charge in [-0.3, -0.25) is 9.36 Å². The van der Waals surface area contributed by atoms with E-state index in [0.29, 0.717) is 147 Å². The van der Waals surface area contributed by atoms with Crippen LogP contribution in [0, 0.1) is 17.5 Å². The summed E-state index contributed by atoms with van der Waals surface area (Å²) in [5, 5.41) is 16.9. The molecule has 24 nitrogen and oxygen atoms in total. The summed E-state index contributed by atoms with van der Waals surface area (Å²) in [6.07, 6.45) is 3.79. The largest absolute Gasteiger partial charge is 0.420 e. The zero-order valence-corrected chi connectivity index (χ0v) is 44.7. The van der Waals surface area contributed by atoms with Gasteiger partial charge in [0.2, 0.25) is 11.0 Å². The molecule has 1 aliphatic heterocycles. The highest BCUT2D eigenvalue weighted by atomic mass is 35.5. The second-order valence-electron chi connectivity index (χ2n) is 16.7. The van der Waals surface area contributed by atoms with Crippen LogP contribution in [0.2, 0.25) is 5.28 Å². The second kappa shape index (κ2) is 34.6. The van der Waals surface area contributed by atoms with Crippen LogP contribution in [-0.4, -0.2) is 181 Å². The van der Waals surface area contributed by atoms with Gasteiger partial charge >= 0.3 is 13.6 Å². The van der Waals surface area contributed by atoms with Gasteiger partial charge in [-0.25, -0.2) is 22.5 Å². The maximum absolute atomic E-state index is 13.6. The number of fused-ring (bicyclic) bond motifs is 1. The number of nitrogens with one attached hydrogen (secondary N) is 1. The van der Waals surface area contributed by atoms with E-state index in [9.17, 15) is 22.5 Å². The SMILES string of the molecule is O=C(CCOCCOCCOCCOCCn1cc(COCCOCCOCCOCCOCC(Nc2nc(Cl)nc3c2cnn3C2CCC(COPCP(=O)(O)O)O2)c2ccccc2)nn1)Oc1c(F)cc(F)cc1F. The Bertz CT molecular complexity index is 2520. The van der Waals surface area contributed by atoms with E-state index >= 15 is 0 Å².